The van der Waals surface area contributed by atoms with Crippen LogP contribution < -0.4 is 4.90 Å². The molecule has 0 saturated carbocycles. The molecule has 0 radical (unpaired) electrons. The molecule has 4 rings (SSSR count). The molecule has 1 saturated heterocycles. The van der Waals surface area contributed by atoms with Crippen molar-refractivity contribution in [3.05, 3.63) is 52.7 Å². The third-order valence-electron chi connectivity index (χ3n) is 4.27. The molecular weight excluding hydrogens is 320 g/mol. The predicted molar refractivity (Wildman–Crippen MR) is 96.2 cm³/mol. The lowest BCUT2D eigenvalue weighted by Crippen LogP contribution is -2.30. The summed E-state index contributed by atoms with van der Waals surface area (Å²) in [6, 6.07) is 14.9. The monoisotopic (exact) mass is 340 g/mol. The second kappa shape index (κ2) is 7.15. The van der Waals surface area contributed by atoms with Crippen molar-refractivity contribution in [1.29, 1.82) is 0 Å². The fourth-order valence-electron chi connectivity index (χ4n) is 2.99. The van der Waals surface area contributed by atoms with E-state index in [0.717, 1.165) is 44.7 Å². The highest BCUT2D eigenvalue weighted by molar-refractivity contribution is 7.09. The summed E-state index contributed by atoms with van der Waals surface area (Å²) in [7, 11) is 0. The van der Waals surface area contributed by atoms with Crippen LogP contribution in [0.25, 0.3) is 11.4 Å². The number of thiophene rings is 1. The Morgan fingerprint density at radius 2 is 1.92 bits per heavy atom. The van der Waals surface area contributed by atoms with E-state index in [1.54, 1.807) is 0 Å². The van der Waals surface area contributed by atoms with Crippen molar-refractivity contribution in [2.75, 3.05) is 31.1 Å². The quantitative estimate of drug-likeness (QED) is 0.727. The molecule has 1 fully saturated rings. The molecule has 0 bridgehead atoms. The predicted octanol–water partition coefficient (Wildman–Crippen LogP) is 3.51. The number of hydrogen-bond donors (Lipinski definition) is 0. The average molecular weight is 340 g/mol. The highest BCUT2D eigenvalue weighted by Crippen LogP contribution is 2.21. The second-order valence-electron chi connectivity index (χ2n) is 5.96. The zero-order valence-electron chi connectivity index (χ0n) is 13.5. The average Bonchev–Trinajstić information content (AvgIpc) is 3.25. The van der Waals surface area contributed by atoms with Gasteiger partial charge in [0.2, 0.25) is 5.82 Å². The highest BCUT2D eigenvalue weighted by Gasteiger charge is 2.20. The topological polar surface area (TPSA) is 45.4 Å². The molecule has 0 spiro atoms. The zero-order chi connectivity index (χ0) is 16.2. The molecule has 0 unspecified atom stereocenters. The molecule has 0 amide bonds. The van der Waals surface area contributed by atoms with Gasteiger partial charge in [-0.1, -0.05) is 41.6 Å². The number of hydrogen-bond acceptors (Lipinski definition) is 6. The van der Waals surface area contributed by atoms with Crippen LogP contribution in [0.3, 0.4) is 0 Å². The van der Waals surface area contributed by atoms with Gasteiger partial charge in [0.1, 0.15) is 0 Å². The molecule has 24 heavy (non-hydrogen) atoms. The Morgan fingerprint density at radius 1 is 1.00 bits per heavy atom. The van der Waals surface area contributed by atoms with Gasteiger partial charge in [0.05, 0.1) is 0 Å². The summed E-state index contributed by atoms with van der Waals surface area (Å²) < 4.78 is 5.50. The van der Waals surface area contributed by atoms with Gasteiger partial charge in [0, 0.05) is 43.2 Å². The van der Waals surface area contributed by atoms with E-state index < -0.39 is 0 Å². The van der Waals surface area contributed by atoms with Crippen LogP contribution in [0.15, 0.2) is 52.4 Å². The summed E-state index contributed by atoms with van der Waals surface area (Å²) in [5, 5.41) is 6.27. The lowest BCUT2D eigenvalue weighted by Gasteiger charge is -2.19. The molecular formula is C18H20N4OS. The molecule has 1 aromatic carbocycles. The van der Waals surface area contributed by atoms with Gasteiger partial charge >= 0.3 is 6.01 Å². The molecule has 1 aliphatic rings. The van der Waals surface area contributed by atoms with E-state index in [9.17, 15) is 0 Å². The highest BCUT2D eigenvalue weighted by atomic mass is 32.1. The summed E-state index contributed by atoms with van der Waals surface area (Å²) >= 11 is 1.83. The van der Waals surface area contributed by atoms with Gasteiger partial charge in [0.15, 0.2) is 0 Å². The van der Waals surface area contributed by atoms with Gasteiger partial charge in [-0.3, -0.25) is 4.90 Å². The Bertz CT molecular complexity index is 756. The SMILES string of the molecule is c1ccc(-c2noc(N3CCCN(Cc4cccs4)CC3)n2)cc1. The Morgan fingerprint density at radius 3 is 2.75 bits per heavy atom. The molecule has 6 heteroatoms. The van der Waals surface area contributed by atoms with E-state index in [2.05, 4.69) is 37.5 Å². The first-order valence-electron chi connectivity index (χ1n) is 8.27. The normalized spacial score (nSPS) is 16.2. The Labute approximate surface area is 145 Å². The van der Waals surface area contributed by atoms with E-state index in [-0.39, 0.29) is 0 Å². The van der Waals surface area contributed by atoms with Crippen molar-refractivity contribution < 1.29 is 4.52 Å². The first-order valence-corrected chi connectivity index (χ1v) is 9.15. The summed E-state index contributed by atoms with van der Waals surface area (Å²) in [6.45, 7) is 5.03. The maximum Gasteiger partial charge on any atom is 0.324 e. The molecule has 3 heterocycles. The number of aromatic nitrogens is 2. The molecule has 1 aliphatic heterocycles. The minimum Gasteiger partial charge on any atom is -0.323 e. The largest absolute Gasteiger partial charge is 0.324 e. The van der Waals surface area contributed by atoms with Crippen LogP contribution >= 0.6 is 11.3 Å². The molecule has 0 aliphatic carbocycles. The standard InChI is InChI=1S/C18H20N4OS/c1-2-6-15(7-3-1)17-19-18(23-20-17)22-10-5-9-21(11-12-22)14-16-8-4-13-24-16/h1-4,6-8,13H,5,9-12,14H2. The third kappa shape index (κ3) is 3.49. The maximum atomic E-state index is 5.50. The molecule has 2 aromatic heterocycles. The molecule has 0 atom stereocenters. The number of rotatable bonds is 4. The van der Waals surface area contributed by atoms with Crippen molar-refractivity contribution in [2.24, 2.45) is 0 Å². The Balaban J connectivity index is 1.41. The van der Waals surface area contributed by atoms with Crippen molar-refractivity contribution in [3.8, 4) is 11.4 Å². The first-order chi connectivity index (χ1) is 11.9. The van der Waals surface area contributed by atoms with Gasteiger partial charge in [-0.25, -0.2) is 0 Å². The summed E-state index contributed by atoms with van der Waals surface area (Å²) in [6.07, 6.45) is 1.11. The van der Waals surface area contributed by atoms with E-state index in [1.165, 1.54) is 4.88 Å². The van der Waals surface area contributed by atoms with Crippen LogP contribution in [0, 0.1) is 0 Å². The van der Waals surface area contributed by atoms with Crippen LogP contribution in [0.1, 0.15) is 11.3 Å². The third-order valence-corrected chi connectivity index (χ3v) is 5.13. The van der Waals surface area contributed by atoms with Crippen molar-refractivity contribution in [1.82, 2.24) is 15.0 Å². The fraction of sp³-hybridized carbons (Fsp3) is 0.333. The zero-order valence-corrected chi connectivity index (χ0v) is 14.3. The van der Waals surface area contributed by atoms with E-state index in [4.69, 9.17) is 4.52 Å². The Hall–Kier alpha value is -2.18. The molecule has 0 N–H and O–H groups in total. The summed E-state index contributed by atoms with van der Waals surface area (Å²) in [5.41, 5.74) is 0.988. The van der Waals surface area contributed by atoms with Crippen LogP contribution in [0.4, 0.5) is 6.01 Å². The van der Waals surface area contributed by atoms with Crippen molar-refractivity contribution >= 4 is 17.4 Å². The second-order valence-corrected chi connectivity index (χ2v) is 6.99. The first kappa shape index (κ1) is 15.4. The lowest BCUT2D eigenvalue weighted by atomic mass is 10.2. The number of nitrogens with zero attached hydrogens (tertiary/aromatic N) is 4. The van der Waals surface area contributed by atoms with Crippen LogP contribution in [0.2, 0.25) is 0 Å². The summed E-state index contributed by atoms with van der Waals surface area (Å²) in [5.74, 6) is 0.658. The van der Waals surface area contributed by atoms with Crippen LogP contribution in [-0.2, 0) is 6.54 Å². The van der Waals surface area contributed by atoms with Crippen LogP contribution in [-0.4, -0.2) is 41.2 Å². The van der Waals surface area contributed by atoms with Gasteiger partial charge in [0.25, 0.3) is 0 Å². The molecule has 5 nitrogen and oxygen atoms in total. The van der Waals surface area contributed by atoms with E-state index >= 15 is 0 Å². The van der Waals surface area contributed by atoms with Gasteiger partial charge in [-0.15, -0.1) is 11.3 Å². The van der Waals surface area contributed by atoms with Crippen molar-refractivity contribution in [2.45, 2.75) is 13.0 Å². The van der Waals surface area contributed by atoms with Gasteiger partial charge < -0.3 is 9.42 Å². The molecule has 124 valence electrons. The van der Waals surface area contributed by atoms with Crippen LogP contribution in [0.5, 0.6) is 0 Å². The van der Waals surface area contributed by atoms with Gasteiger partial charge in [-0.2, -0.15) is 4.98 Å². The number of benzene rings is 1. The Kier molecular flexibility index (Phi) is 4.57. The van der Waals surface area contributed by atoms with Gasteiger partial charge in [-0.05, 0) is 17.9 Å². The number of anilines is 1. The minimum atomic E-state index is 0.631. The maximum absolute atomic E-state index is 5.50. The molecule has 3 aromatic rings. The smallest absolute Gasteiger partial charge is 0.323 e. The van der Waals surface area contributed by atoms with E-state index in [1.807, 2.05) is 41.7 Å². The minimum absolute atomic E-state index is 0.631. The van der Waals surface area contributed by atoms with Crippen molar-refractivity contribution in [3.63, 3.8) is 0 Å². The lowest BCUT2D eigenvalue weighted by molar-refractivity contribution is 0.287. The van der Waals surface area contributed by atoms with E-state index in [0.29, 0.717) is 11.8 Å². The fourth-order valence-corrected chi connectivity index (χ4v) is 3.74. The summed E-state index contributed by atoms with van der Waals surface area (Å²) in [4.78, 5) is 10.7.